The summed E-state index contributed by atoms with van der Waals surface area (Å²) in [5.74, 6) is 1.69. The molecule has 0 aromatic carbocycles. The molecule has 0 radical (unpaired) electrons. The molecule has 68 valence electrons. The minimum absolute atomic E-state index is 0.239. The lowest BCUT2D eigenvalue weighted by Crippen LogP contribution is -2.08. The Hall–Kier alpha value is -1.38. The third-order valence-electron chi connectivity index (χ3n) is 2.07. The maximum Gasteiger partial charge on any atom is 0.137 e. The summed E-state index contributed by atoms with van der Waals surface area (Å²) in [6.45, 7) is 2.06. The van der Waals surface area contributed by atoms with Crippen molar-refractivity contribution in [2.24, 2.45) is 9.98 Å². The minimum atomic E-state index is 0.239. The van der Waals surface area contributed by atoms with E-state index in [1.165, 1.54) is 5.57 Å². The zero-order valence-electron chi connectivity index (χ0n) is 7.82. The summed E-state index contributed by atoms with van der Waals surface area (Å²) >= 11 is 0. The van der Waals surface area contributed by atoms with E-state index >= 15 is 0 Å². The first-order chi connectivity index (χ1) is 6.28. The molecule has 2 rings (SSSR count). The van der Waals surface area contributed by atoms with Gasteiger partial charge in [0, 0.05) is 6.42 Å². The average Bonchev–Trinajstić information content (AvgIpc) is 2.24. The molecule has 13 heavy (non-hydrogen) atoms. The van der Waals surface area contributed by atoms with Gasteiger partial charge in [0.15, 0.2) is 0 Å². The maximum absolute atomic E-state index is 5.13. The Morgan fingerprint density at radius 1 is 1.54 bits per heavy atom. The van der Waals surface area contributed by atoms with Gasteiger partial charge in [-0.2, -0.15) is 0 Å². The van der Waals surface area contributed by atoms with Gasteiger partial charge in [0.1, 0.15) is 11.6 Å². The Labute approximate surface area is 77.5 Å². The number of hydrogen-bond acceptors (Lipinski definition) is 3. The van der Waals surface area contributed by atoms with Gasteiger partial charge in [-0.3, -0.25) is 4.99 Å². The monoisotopic (exact) mass is 176 g/mol. The lowest BCUT2D eigenvalue weighted by Gasteiger charge is -2.11. The van der Waals surface area contributed by atoms with E-state index in [1.807, 2.05) is 6.08 Å². The quantitative estimate of drug-likeness (QED) is 0.599. The fraction of sp³-hybridized carbons (Fsp3) is 0.400. The molecule has 2 bridgehead atoms. The summed E-state index contributed by atoms with van der Waals surface area (Å²) in [6, 6.07) is 0.239. The molecule has 0 amide bonds. The highest BCUT2D eigenvalue weighted by molar-refractivity contribution is 5.97. The lowest BCUT2D eigenvalue weighted by atomic mass is 10.1. The summed E-state index contributed by atoms with van der Waals surface area (Å²) in [4.78, 5) is 8.62. The van der Waals surface area contributed by atoms with Crippen LogP contribution >= 0.6 is 0 Å². The van der Waals surface area contributed by atoms with Crippen molar-refractivity contribution in [2.45, 2.75) is 19.4 Å². The first-order valence-electron chi connectivity index (χ1n) is 4.35. The van der Waals surface area contributed by atoms with Crippen LogP contribution in [0.2, 0.25) is 0 Å². The third-order valence-corrected chi connectivity index (χ3v) is 2.07. The number of methoxy groups -OCH3 is 1. The summed E-state index contributed by atoms with van der Waals surface area (Å²) in [5, 5.41) is 0. The van der Waals surface area contributed by atoms with Gasteiger partial charge in [-0.1, -0.05) is 6.08 Å². The first-order valence-corrected chi connectivity index (χ1v) is 4.35. The van der Waals surface area contributed by atoms with Crippen LogP contribution < -0.4 is 0 Å². The fourth-order valence-electron chi connectivity index (χ4n) is 1.52. The van der Waals surface area contributed by atoms with Crippen LogP contribution in [0.3, 0.4) is 0 Å². The van der Waals surface area contributed by atoms with Crippen molar-refractivity contribution in [1.82, 2.24) is 0 Å². The van der Waals surface area contributed by atoms with Crippen molar-refractivity contribution >= 4 is 12.1 Å². The van der Waals surface area contributed by atoms with E-state index in [1.54, 1.807) is 13.3 Å². The highest BCUT2D eigenvalue weighted by Crippen LogP contribution is 2.19. The SMILES string of the molecule is COC1=CC2=CC(C)N=C(C2)N=C1. The summed E-state index contributed by atoms with van der Waals surface area (Å²) in [5.41, 5.74) is 1.24. The molecule has 2 aliphatic rings. The molecule has 0 aromatic heterocycles. The second kappa shape index (κ2) is 3.17. The third kappa shape index (κ3) is 1.69. The zero-order valence-corrected chi connectivity index (χ0v) is 7.82. The summed E-state index contributed by atoms with van der Waals surface area (Å²) in [6.07, 6.45) is 6.70. The van der Waals surface area contributed by atoms with Gasteiger partial charge in [-0.25, -0.2) is 4.99 Å². The molecular weight excluding hydrogens is 164 g/mol. The molecule has 0 spiro atoms. The second-order valence-electron chi connectivity index (χ2n) is 3.21. The Kier molecular flexibility index (Phi) is 2.00. The molecule has 1 atom stereocenters. The molecule has 0 N–H and O–H groups in total. The van der Waals surface area contributed by atoms with E-state index in [0.717, 1.165) is 18.0 Å². The molecule has 3 nitrogen and oxygen atoms in total. The van der Waals surface area contributed by atoms with Crippen LogP contribution in [0.4, 0.5) is 0 Å². The number of allylic oxidation sites excluding steroid dienone is 2. The van der Waals surface area contributed by atoms with Gasteiger partial charge in [-0.05, 0) is 18.6 Å². The Balaban J connectivity index is 2.38. The maximum atomic E-state index is 5.13. The highest BCUT2D eigenvalue weighted by Gasteiger charge is 2.13. The zero-order chi connectivity index (χ0) is 9.26. The largest absolute Gasteiger partial charge is 0.495 e. The van der Waals surface area contributed by atoms with Crippen LogP contribution in [0.5, 0.6) is 0 Å². The topological polar surface area (TPSA) is 34.0 Å². The van der Waals surface area contributed by atoms with Crippen molar-refractivity contribution in [3.05, 3.63) is 23.5 Å². The second-order valence-corrected chi connectivity index (χ2v) is 3.21. The van der Waals surface area contributed by atoms with Crippen LogP contribution in [0, 0.1) is 0 Å². The predicted molar refractivity (Wildman–Crippen MR) is 53.2 cm³/mol. The van der Waals surface area contributed by atoms with Gasteiger partial charge in [-0.15, -0.1) is 0 Å². The van der Waals surface area contributed by atoms with Gasteiger partial charge >= 0.3 is 0 Å². The number of fused-ring (bicyclic) bond motifs is 2. The van der Waals surface area contributed by atoms with E-state index in [4.69, 9.17) is 4.74 Å². The van der Waals surface area contributed by atoms with E-state index in [-0.39, 0.29) is 6.04 Å². The molecule has 1 unspecified atom stereocenters. The number of amidine groups is 1. The van der Waals surface area contributed by atoms with Crippen LogP contribution in [0.1, 0.15) is 13.3 Å². The fourth-order valence-corrected chi connectivity index (χ4v) is 1.52. The molecule has 2 aliphatic heterocycles. The molecule has 0 saturated carbocycles. The van der Waals surface area contributed by atoms with Crippen LogP contribution in [-0.4, -0.2) is 25.2 Å². The molecule has 0 fully saturated rings. The van der Waals surface area contributed by atoms with Gasteiger partial charge in [0.2, 0.25) is 0 Å². The van der Waals surface area contributed by atoms with Crippen molar-refractivity contribution in [3.8, 4) is 0 Å². The number of rotatable bonds is 1. The van der Waals surface area contributed by atoms with Gasteiger partial charge in [0.25, 0.3) is 0 Å². The standard InChI is InChI=1S/C10H12N2O/c1-7-3-8-4-9(13-2)6-11-10(5-8)12-7/h3-4,6-7H,5H2,1-2H3. The number of ether oxygens (including phenoxy) is 1. The molecule has 0 aliphatic carbocycles. The predicted octanol–water partition coefficient (Wildman–Crippen LogP) is 1.72. The van der Waals surface area contributed by atoms with Crippen LogP contribution in [0.15, 0.2) is 33.5 Å². The lowest BCUT2D eigenvalue weighted by molar-refractivity contribution is 0.317. The smallest absolute Gasteiger partial charge is 0.137 e. The van der Waals surface area contributed by atoms with E-state index in [2.05, 4.69) is 23.0 Å². The van der Waals surface area contributed by atoms with E-state index in [0.29, 0.717) is 0 Å². The first kappa shape index (κ1) is 8.23. The van der Waals surface area contributed by atoms with Crippen molar-refractivity contribution < 1.29 is 4.74 Å². The Morgan fingerprint density at radius 2 is 2.38 bits per heavy atom. The van der Waals surface area contributed by atoms with Crippen LogP contribution in [0.25, 0.3) is 0 Å². The van der Waals surface area contributed by atoms with E-state index in [9.17, 15) is 0 Å². The molecule has 3 heteroatoms. The number of aliphatic imine (C=N–C) groups is 2. The van der Waals surface area contributed by atoms with E-state index < -0.39 is 0 Å². The summed E-state index contributed by atoms with van der Waals surface area (Å²) in [7, 11) is 1.65. The highest BCUT2D eigenvalue weighted by atomic mass is 16.5. The van der Waals surface area contributed by atoms with Crippen molar-refractivity contribution in [3.63, 3.8) is 0 Å². The Morgan fingerprint density at radius 3 is 3.15 bits per heavy atom. The Bertz CT molecular complexity index is 337. The van der Waals surface area contributed by atoms with Crippen molar-refractivity contribution in [1.29, 1.82) is 0 Å². The molecule has 0 saturated heterocycles. The number of hydrogen-bond donors (Lipinski definition) is 0. The molecular formula is C10H12N2O. The summed E-state index contributed by atoms with van der Waals surface area (Å²) < 4.78 is 5.13. The van der Waals surface area contributed by atoms with Crippen LogP contribution in [-0.2, 0) is 4.74 Å². The minimum Gasteiger partial charge on any atom is -0.495 e. The number of dihydropyridines is 1. The number of nitrogens with zero attached hydrogens (tertiary/aromatic N) is 2. The molecule has 2 heterocycles. The van der Waals surface area contributed by atoms with Crippen molar-refractivity contribution in [2.75, 3.05) is 7.11 Å². The average molecular weight is 176 g/mol. The normalized spacial score (nSPS) is 25.7. The van der Waals surface area contributed by atoms with Gasteiger partial charge < -0.3 is 4.74 Å². The molecule has 0 aromatic rings. The van der Waals surface area contributed by atoms with Gasteiger partial charge in [0.05, 0.1) is 19.4 Å².